The van der Waals surface area contributed by atoms with E-state index in [1.54, 1.807) is 0 Å². The summed E-state index contributed by atoms with van der Waals surface area (Å²) in [5, 5.41) is 21.5. The van der Waals surface area contributed by atoms with Crippen molar-refractivity contribution < 1.29 is 29.2 Å². The molecule has 0 saturated carbocycles. The van der Waals surface area contributed by atoms with Crippen LogP contribution in [0, 0.1) is 10.1 Å². The van der Waals surface area contributed by atoms with Crippen LogP contribution in [0.25, 0.3) is 6.08 Å². The van der Waals surface area contributed by atoms with Crippen molar-refractivity contribution >= 4 is 40.6 Å². The van der Waals surface area contributed by atoms with Gasteiger partial charge in [-0.05, 0) is 36.1 Å². The molecule has 0 aliphatic carbocycles. The predicted molar refractivity (Wildman–Crippen MR) is 81.8 cm³/mol. The predicted octanol–water partition coefficient (Wildman–Crippen LogP) is 1.27. The molecule has 0 spiro atoms. The molecule has 1 aliphatic heterocycles. The van der Waals surface area contributed by atoms with Crippen molar-refractivity contribution in [1.29, 1.82) is 0 Å². The Morgan fingerprint density at radius 1 is 1.42 bits per heavy atom. The summed E-state index contributed by atoms with van der Waals surface area (Å²) >= 11 is 0.594. The van der Waals surface area contributed by atoms with E-state index in [0.29, 0.717) is 11.8 Å². The molecule has 1 atom stereocenters. The molecule has 1 heterocycles. The molecule has 1 aromatic carbocycles. The SMILES string of the molecule is COC(=O)[C@@H](C)N1C(=O)S/C(=C/c2ccc([O-])c([N+](=O)[O-])c2)C1=O. The van der Waals surface area contributed by atoms with Crippen LogP contribution < -0.4 is 5.11 Å². The topological polar surface area (TPSA) is 130 Å². The number of amides is 2. The van der Waals surface area contributed by atoms with E-state index in [0.717, 1.165) is 24.1 Å². The first kappa shape index (κ1) is 17.5. The molecule has 2 amide bonds. The number of benzene rings is 1. The number of esters is 1. The van der Waals surface area contributed by atoms with E-state index in [9.17, 15) is 29.6 Å². The van der Waals surface area contributed by atoms with Gasteiger partial charge < -0.3 is 9.84 Å². The van der Waals surface area contributed by atoms with E-state index in [4.69, 9.17) is 0 Å². The first-order chi connectivity index (χ1) is 11.3. The van der Waals surface area contributed by atoms with E-state index in [-0.39, 0.29) is 10.5 Å². The van der Waals surface area contributed by atoms with E-state index in [1.165, 1.54) is 19.1 Å². The van der Waals surface area contributed by atoms with Gasteiger partial charge in [0, 0.05) is 6.07 Å². The van der Waals surface area contributed by atoms with Gasteiger partial charge in [0.05, 0.1) is 16.9 Å². The van der Waals surface area contributed by atoms with Gasteiger partial charge in [-0.25, -0.2) is 4.79 Å². The summed E-state index contributed by atoms with van der Waals surface area (Å²) in [6.07, 6.45) is 1.25. The third kappa shape index (κ3) is 3.23. The van der Waals surface area contributed by atoms with Gasteiger partial charge in [0.1, 0.15) is 6.04 Å². The van der Waals surface area contributed by atoms with Crippen LogP contribution in [0.5, 0.6) is 5.75 Å². The summed E-state index contributed by atoms with van der Waals surface area (Å²) < 4.78 is 4.51. The minimum absolute atomic E-state index is 0.0105. The molecule has 24 heavy (non-hydrogen) atoms. The Morgan fingerprint density at radius 3 is 2.67 bits per heavy atom. The third-order valence-electron chi connectivity index (χ3n) is 3.23. The van der Waals surface area contributed by atoms with Crippen molar-refractivity contribution in [3.05, 3.63) is 38.8 Å². The highest BCUT2D eigenvalue weighted by atomic mass is 32.2. The van der Waals surface area contributed by atoms with Crippen LogP contribution in [0.15, 0.2) is 23.1 Å². The van der Waals surface area contributed by atoms with Crippen LogP contribution in [0.4, 0.5) is 10.5 Å². The van der Waals surface area contributed by atoms with Crippen molar-refractivity contribution in [2.45, 2.75) is 13.0 Å². The van der Waals surface area contributed by atoms with E-state index >= 15 is 0 Å². The average molecular weight is 351 g/mol. The summed E-state index contributed by atoms with van der Waals surface area (Å²) in [4.78, 5) is 46.4. The Balaban J connectivity index is 2.34. The van der Waals surface area contributed by atoms with Crippen molar-refractivity contribution in [3.8, 4) is 5.75 Å². The van der Waals surface area contributed by atoms with Gasteiger partial charge in [0.15, 0.2) is 0 Å². The van der Waals surface area contributed by atoms with Gasteiger partial charge in [0.2, 0.25) is 0 Å². The number of carbonyl (C=O) groups excluding carboxylic acids is 3. The second-order valence-corrected chi connectivity index (χ2v) is 5.73. The Kier molecular flexibility index (Phi) is 4.88. The summed E-state index contributed by atoms with van der Waals surface area (Å²) in [5.74, 6) is -2.22. The number of carbonyl (C=O) groups is 3. The summed E-state index contributed by atoms with van der Waals surface area (Å²) in [5.41, 5.74) is -0.413. The number of nitro benzene ring substituents is 1. The maximum Gasteiger partial charge on any atom is 0.328 e. The molecule has 0 bridgehead atoms. The number of ether oxygens (including phenoxy) is 1. The second kappa shape index (κ2) is 6.71. The zero-order valence-electron chi connectivity index (χ0n) is 12.5. The molecule has 9 nitrogen and oxygen atoms in total. The normalized spacial score (nSPS) is 17.2. The number of hydrogen-bond acceptors (Lipinski definition) is 8. The number of thioether (sulfide) groups is 1. The quantitative estimate of drug-likeness (QED) is 0.343. The first-order valence-corrected chi connectivity index (χ1v) is 7.38. The van der Waals surface area contributed by atoms with Gasteiger partial charge in [-0.2, -0.15) is 0 Å². The molecule has 1 aliphatic rings. The Labute approximate surface area is 140 Å². The molecule has 126 valence electrons. The average Bonchev–Trinajstić information content (AvgIpc) is 2.81. The minimum Gasteiger partial charge on any atom is -0.868 e. The van der Waals surface area contributed by atoms with Crippen LogP contribution in [-0.4, -0.2) is 40.1 Å². The van der Waals surface area contributed by atoms with E-state index in [2.05, 4.69) is 4.74 Å². The highest BCUT2D eigenvalue weighted by Gasteiger charge is 2.41. The highest BCUT2D eigenvalue weighted by Crippen LogP contribution is 2.34. The van der Waals surface area contributed by atoms with Gasteiger partial charge in [-0.15, -0.1) is 0 Å². The van der Waals surface area contributed by atoms with Gasteiger partial charge >= 0.3 is 5.97 Å². The lowest BCUT2D eigenvalue weighted by molar-refractivity contribution is -0.398. The van der Waals surface area contributed by atoms with E-state index in [1.807, 2.05) is 0 Å². The van der Waals surface area contributed by atoms with Crippen molar-refractivity contribution in [1.82, 2.24) is 4.90 Å². The second-order valence-electron chi connectivity index (χ2n) is 4.74. The van der Waals surface area contributed by atoms with Gasteiger partial charge in [0.25, 0.3) is 16.8 Å². The Bertz CT molecular complexity index is 774. The number of imide groups is 1. The largest absolute Gasteiger partial charge is 0.868 e. The molecule has 2 rings (SSSR count). The standard InChI is InChI=1S/C14H12N2O7S/c1-7(13(19)23-2)15-12(18)11(24-14(15)20)6-8-3-4-10(17)9(5-8)16(21)22/h3-7,17H,1-2H3/p-1/b11-6+/t7-/m1/s1. The lowest BCUT2D eigenvalue weighted by atomic mass is 10.1. The maximum absolute atomic E-state index is 12.3. The first-order valence-electron chi connectivity index (χ1n) is 6.56. The third-order valence-corrected chi connectivity index (χ3v) is 4.11. The molecule has 0 N–H and O–H groups in total. The zero-order valence-corrected chi connectivity index (χ0v) is 13.4. The van der Waals surface area contributed by atoms with Crippen molar-refractivity contribution in [3.63, 3.8) is 0 Å². The van der Waals surface area contributed by atoms with Crippen molar-refractivity contribution in [2.24, 2.45) is 0 Å². The molecule has 1 fully saturated rings. The summed E-state index contributed by atoms with van der Waals surface area (Å²) in [6.45, 7) is 1.35. The number of hydrogen-bond donors (Lipinski definition) is 0. The molecule has 0 unspecified atom stereocenters. The maximum atomic E-state index is 12.3. The zero-order chi connectivity index (χ0) is 18.0. The molecular formula is C14H11N2O7S-. The number of methoxy groups -OCH3 is 1. The lowest BCUT2D eigenvalue weighted by Crippen LogP contribution is -2.42. The Morgan fingerprint density at radius 2 is 2.08 bits per heavy atom. The fraction of sp³-hybridized carbons (Fsp3) is 0.214. The number of rotatable bonds is 4. The number of nitrogens with zero attached hydrogens (tertiary/aromatic N) is 2. The van der Waals surface area contributed by atoms with Crippen LogP contribution in [0.3, 0.4) is 0 Å². The van der Waals surface area contributed by atoms with Crippen molar-refractivity contribution in [2.75, 3.05) is 7.11 Å². The fourth-order valence-electron chi connectivity index (χ4n) is 2.01. The fourth-order valence-corrected chi connectivity index (χ4v) is 2.92. The molecule has 0 radical (unpaired) electrons. The van der Waals surface area contributed by atoms with Crippen LogP contribution >= 0.6 is 11.8 Å². The molecule has 10 heteroatoms. The number of nitro groups is 1. The molecule has 0 aromatic heterocycles. The summed E-state index contributed by atoms with van der Waals surface area (Å²) in [7, 11) is 1.14. The smallest absolute Gasteiger partial charge is 0.328 e. The van der Waals surface area contributed by atoms with E-state index < -0.39 is 39.5 Å². The monoisotopic (exact) mass is 351 g/mol. The van der Waals surface area contributed by atoms with Crippen LogP contribution in [0.1, 0.15) is 12.5 Å². The van der Waals surface area contributed by atoms with Gasteiger partial charge in [-0.1, -0.05) is 12.1 Å². The Hall–Kier alpha value is -2.88. The minimum atomic E-state index is -1.09. The highest BCUT2D eigenvalue weighted by molar-refractivity contribution is 8.18. The van der Waals surface area contributed by atoms with Gasteiger partial charge in [-0.3, -0.25) is 24.6 Å². The molecule has 1 saturated heterocycles. The van der Waals surface area contributed by atoms with Crippen LogP contribution in [-0.2, 0) is 14.3 Å². The summed E-state index contributed by atoms with van der Waals surface area (Å²) in [6, 6.07) is 2.23. The van der Waals surface area contributed by atoms with Crippen LogP contribution in [0.2, 0.25) is 0 Å². The lowest BCUT2D eigenvalue weighted by Gasteiger charge is -2.18. The molecular weight excluding hydrogens is 340 g/mol. The molecule has 1 aromatic rings.